The van der Waals surface area contributed by atoms with Gasteiger partial charge in [0.25, 0.3) is 0 Å². The molecule has 3 atom stereocenters. The van der Waals surface area contributed by atoms with E-state index in [1.807, 2.05) is 0 Å². The van der Waals surface area contributed by atoms with Crippen molar-refractivity contribution in [3.8, 4) is 0 Å². The minimum atomic E-state index is 0.446. The zero-order chi connectivity index (χ0) is 12.3. The molecule has 1 saturated carbocycles. The van der Waals surface area contributed by atoms with Gasteiger partial charge in [0.1, 0.15) is 0 Å². The monoisotopic (exact) mass is 222 g/mol. The Morgan fingerprint density at radius 2 is 1.88 bits per heavy atom. The SMILES string of the molecule is C=C1C(C)C(C(C)C)C1(C)CCCCCC. The van der Waals surface area contributed by atoms with E-state index in [4.69, 9.17) is 0 Å². The van der Waals surface area contributed by atoms with Crippen LogP contribution in [0.2, 0.25) is 0 Å². The van der Waals surface area contributed by atoms with Crippen LogP contribution in [0.15, 0.2) is 12.2 Å². The van der Waals surface area contributed by atoms with Crippen LogP contribution in [0.5, 0.6) is 0 Å². The fraction of sp³-hybridized carbons (Fsp3) is 0.875. The molecule has 0 radical (unpaired) electrons. The van der Waals surface area contributed by atoms with Crippen molar-refractivity contribution in [2.45, 2.75) is 66.7 Å². The van der Waals surface area contributed by atoms with Gasteiger partial charge in [0.15, 0.2) is 0 Å². The van der Waals surface area contributed by atoms with Gasteiger partial charge in [-0.2, -0.15) is 0 Å². The number of unbranched alkanes of at least 4 members (excludes halogenated alkanes) is 3. The van der Waals surface area contributed by atoms with Gasteiger partial charge >= 0.3 is 0 Å². The maximum absolute atomic E-state index is 4.33. The number of rotatable bonds is 6. The quantitative estimate of drug-likeness (QED) is 0.414. The molecular formula is C16H30. The van der Waals surface area contributed by atoms with Crippen LogP contribution in [-0.2, 0) is 0 Å². The molecule has 0 bridgehead atoms. The average molecular weight is 222 g/mol. The van der Waals surface area contributed by atoms with E-state index in [1.165, 1.54) is 37.7 Å². The van der Waals surface area contributed by atoms with Gasteiger partial charge < -0.3 is 0 Å². The van der Waals surface area contributed by atoms with Crippen molar-refractivity contribution in [1.82, 2.24) is 0 Å². The highest BCUT2D eigenvalue weighted by molar-refractivity contribution is 5.26. The number of hydrogen-bond donors (Lipinski definition) is 0. The molecule has 0 aromatic rings. The summed E-state index contributed by atoms with van der Waals surface area (Å²) in [6, 6.07) is 0. The van der Waals surface area contributed by atoms with Crippen LogP contribution in [0.1, 0.15) is 66.7 Å². The number of hydrogen-bond acceptors (Lipinski definition) is 0. The molecule has 16 heavy (non-hydrogen) atoms. The second-order valence-corrected chi connectivity index (χ2v) is 6.31. The highest BCUT2D eigenvalue weighted by Gasteiger charge is 2.51. The Morgan fingerprint density at radius 1 is 1.25 bits per heavy atom. The topological polar surface area (TPSA) is 0 Å². The summed E-state index contributed by atoms with van der Waals surface area (Å²) < 4.78 is 0. The molecule has 0 aliphatic heterocycles. The van der Waals surface area contributed by atoms with Crippen molar-refractivity contribution >= 4 is 0 Å². The Hall–Kier alpha value is -0.260. The standard InChI is InChI=1S/C16H30/c1-7-8-9-10-11-16(6)14(5)13(4)15(16)12(2)3/h12-13,15H,5,7-11H2,1-4,6H3. The summed E-state index contributed by atoms with van der Waals surface area (Å²) in [5, 5.41) is 0. The predicted molar refractivity (Wildman–Crippen MR) is 73.5 cm³/mol. The molecule has 1 fully saturated rings. The second-order valence-electron chi connectivity index (χ2n) is 6.31. The van der Waals surface area contributed by atoms with E-state index in [2.05, 4.69) is 41.2 Å². The first-order valence-electron chi connectivity index (χ1n) is 7.14. The van der Waals surface area contributed by atoms with Crippen LogP contribution in [0, 0.1) is 23.2 Å². The minimum Gasteiger partial charge on any atom is -0.0990 e. The molecule has 0 heteroatoms. The van der Waals surface area contributed by atoms with Crippen molar-refractivity contribution in [2.75, 3.05) is 0 Å². The molecule has 1 aliphatic carbocycles. The molecule has 1 aliphatic rings. The maximum Gasteiger partial charge on any atom is -0.00800 e. The lowest BCUT2D eigenvalue weighted by Gasteiger charge is -2.57. The van der Waals surface area contributed by atoms with Gasteiger partial charge in [-0.3, -0.25) is 0 Å². The van der Waals surface area contributed by atoms with E-state index in [9.17, 15) is 0 Å². The average Bonchev–Trinajstić information content (AvgIpc) is 2.23. The second kappa shape index (κ2) is 5.38. The van der Waals surface area contributed by atoms with E-state index in [0.29, 0.717) is 5.41 Å². The molecular weight excluding hydrogens is 192 g/mol. The summed E-state index contributed by atoms with van der Waals surface area (Å²) in [5.74, 6) is 2.41. The highest BCUT2D eigenvalue weighted by atomic mass is 14.6. The summed E-state index contributed by atoms with van der Waals surface area (Å²) in [6.45, 7) is 16.2. The first-order valence-corrected chi connectivity index (χ1v) is 7.14. The van der Waals surface area contributed by atoms with E-state index in [-0.39, 0.29) is 0 Å². The third kappa shape index (κ3) is 2.36. The zero-order valence-electron chi connectivity index (χ0n) is 12.0. The molecule has 0 heterocycles. The molecule has 1 rings (SSSR count). The Balaban J connectivity index is 2.51. The van der Waals surface area contributed by atoms with Crippen LogP contribution in [0.3, 0.4) is 0 Å². The Kier molecular flexibility index (Phi) is 4.64. The largest absolute Gasteiger partial charge is 0.0990 e. The van der Waals surface area contributed by atoms with Gasteiger partial charge in [-0.15, -0.1) is 0 Å². The molecule has 0 aromatic carbocycles. The van der Waals surface area contributed by atoms with E-state index in [0.717, 1.165) is 17.8 Å². The maximum atomic E-state index is 4.33. The third-order valence-electron chi connectivity index (χ3n) is 4.83. The van der Waals surface area contributed by atoms with Crippen LogP contribution < -0.4 is 0 Å². The smallest absolute Gasteiger partial charge is 0.00800 e. The summed E-state index contributed by atoms with van der Waals surface area (Å²) in [5.41, 5.74) is 1.96. The van der Waals surface area contributed by atoms with Crippen LogP contribution in [0.25, 0.3) is 0 Å². The van der Waals surface area contributed by atoms with Crippen LogP contribution >= 0.6 is 0 Å². The van der Waals surface area contributed by atoms with E-state index < -0.39 is 0 Å². The lowest BCUT2D eigenvalue weighted by molar-refractivity contribution is 0.0245. The van der Waals surface area contributed by atoms with Crippen molar-refractivity contribution in [2.24, 2.45) is 23.2 Å². The van der Waals surface area contributed by atoms with Crippen molar-refractivity contribution in [3.63, 3.8) is 0 Å². The first kappa shape index (κ1) is 13.8. The van der Waals surface area contributed by atoms with Crippen molar-refractivity contribution in [3.05, 3.63) is 12.2 Å². The van der Waals surface area contributed by atoms with Crippen molar-refractivity contribution in [1.29, 1.82) is 0 Å². The fourth-order valence-corrected chi connectivity index (χ4v) is 3.97. The highest BCUT2D eigenvalue weighted by Crippen LogP contribution is 2.60. The lowest BCUT2D eigenvalue weighted by atomic mass is 9.47. The van der Waals surface area contributed by atoms with Gasteiger partial charge in [-0.05, 0) is 29.6 Å². The minimum absolute atomic E-state index is 0.446. The van der Waals surface area contributed by atoms with E-state index >= 15 is 0 Å². The summed E-state index contributed by atoms with van der Waals surface area (Å²) >= 11 is 0. The molecule has 0 spiro atoms. The van der Waals surface area contributed by atoms with Crippen LogP contribution in [0.4, 0.5) is 0 Å². The predicted octanol–water partition coefficient (Wildman–Crippen LogP) is 5.44. The van der Waals surface area contributed by atoms with Crippen molar-refractivity contribution < 1.29 is 0 Å². The molecule has 0 N–H and O–H groups in total. The molecule has 0 amide bonds. The van der Waals surface area contributed by atoms with Gasteiger partial charge in [-0.1, -0.05) is 72.5 Å². The lowest BCUT2D eigenvalue weighted by Crippen LogP contribution is -2.49. The van der Waals surface area contributed by atoms with Gasteiger partial charge in [-0.25, -0.2) is 0 Å². The number of allylic oxidation sites excluding steroid dienone is 1. The van der Waals surface area contributed by atoms with Gasteiger partial charge in [0.05, 0.1) is 0 Å². The van der Waals surface area contributed by atoms with E-state index in [1.54, 1.807) is 0 Å². The molecule has 3 unspecified atom stereocenters. The molecule has 94 valence electrons. The summed E-state index contributed by atoms with van der Waals surface area (Å²) in [4.78, 5) is 0. The molecule has 0 nitrogen and oxygen atoms in total. The normalized spacial score (nSPS) is 34.2. The Morgan fingerprint density at radius 3 is 2.38 bits per heavy atom. The summed E-state index contributed by atoms with van der Waals surface area (Å²) in [6.07, 6.45) is 6.88. The molecule has 0 aromatic heterocycles. The van der Waals surface area contributed by atoms with Crippen LogP contribution in [-0.4, -0.2) is 0 Å². The first-order chi connectivity index (χ1) is 7.45. The molecule has 0 saturated heterocycles. The summed E-state index contributed by atoms with van der Waals surface area (Å²) in [7, 11) is 0. The van der Waals surface area contributed by atoms with Gasteiger partial charge in [0.2, 0.25) is 0 Å². The zero-order valence-corrected chi connectivity index (χ0v) is 12.0. The Bertz CT molecular complexity index is 238. The fourth-order valence-electron chi connectivity index (χ4n) is 3.97. The third-order valence-corrected chi connectivity index (χ3v) is 4.83. The Labute approximate surface area is 103 Å². The van der Waals surface area contributed by atoms with Gasteiger partial charge in [0, 0.05) is 0 Å².